The zero-order chi connectivity index (χ0) is 7.61. The molecule has 0 spiro atoms. The van der Waals surface area contributed by atoms with E-state index in [1.807, 2.05) is 13.8 Å². The molecule has 0 saturated heterocycles. The minimum Gasteiger partial charge on any atom is -0.299 e. The number of rotatable bonds is 2. The Morgan fingerprint density at radius 2 is 2.10 bits per heavy atom. The van der Waals surface area contributed by atoms with Crippen molar-refractivity contribution in [2.45, 2.75) is 44.7 Å². The van der Waals surface area contributed by atoms with Crippen LogP contribution < -0.4 is 5.32 Å². The Morgan fingerprint density at radius 3 is 2.40 bits per heavy atom. The van der Waals surface area contributed by atoms with Gasteiger partial charge in [-0.25, -0.2) is 0 Å². The van der Waals surface area contributed by atoms with E-state index in [0.29, 0.717) is 6.04 Å². The zero-order valence-corrected chi connectivity index (χ0v) is 6.78. The lowest BCUT2D eigenvalue weighted by Crippen LogP contribution is -2.47. The standard InChI is InChI=1S/C9H15N/c1-4-9(2,3)10-8-6-5-7-8/h1,8,10H,5-7H2,2-3H3. The van der Waals surface area contributed by atoms with Gasteiger partial charge in [0.2, 0.25) is 0 Å². The van der Waals surface area contributed by atoms with Crippen LogP contribution in [0.2, 0.25) is 0 Å². The fraction of sp³-hybridized carbons (Fsp3) is 0.778. The van der Waals surface area contributed by atoms with Crippen molar-refractivity contribution in [3.63, 3.8) is 0 Å². The minimum absolute atomic E-state index is 0.106. The topological polar surface area (TPSA) is 12.0 Å². The van der Waals surface area contributed by atoms with Crippen LogP contribution in [0.15, 0.2) is 0 Å². The highest BCUT2D eigenvalue weighted by Crippen LogP contribution is 2.20. The molecule has 0 unspecified atom stereocenters. The van der Waals surface area contributed by atoms with Gasteiger partial charge in [-0.15, -0.1) is 6.42 Å². The predicted molar refractivity (Wildman–Crippen MR) is 43.7 cm³/mol. The van der Waals surface area contributed by atoms with Crippen molar-refractivity contribution in [1.82, 2.24) is 5.32 Å². The largest absolute Gasteiger partial charge is 0.299 e. The third kappa shape index (κ3) is 1.75. The van der Waals surface area contributed by atoms with Gasteiger partial charge in [0.1, 0.15) is 0 Å². The summed E-state index contributed by atoms with van der Waals surface area (Å²) in [6, 6.07) is 0.686. The number of hydrogen-bond donors (Lipinski definition) is 1. The molecule has 0 aliphatic heterocycles. The Kier molecular flexibility index (Phi) is 2.01. The van der Waals surface area contributed by atoms with E-state index < -0.39 is 0 Å². The summed E-state index contributed by atoms with van der Waals surface area (Å²) >= 11 is 0. The molecular formula is C9H15N. The van der Waals surface area contributed by atoms with Crippen LogP contribution in [-0.4, -0.2) is 11.6 Å². The first-order valence-corrected chi connectivity index (χ1v) is 3.89. The molecule has 0 amide bonds. The Balaban J connectivity index is 2.30. The van der Waals surface area contributed by atoms with Gasteiger partial charge in [0.05, 0.1) is 5.54 Å². The average molecular weight is 137 g/mol. The van der Waals surface area contributed by atoms with E-state index in [-0.39, 0.29) is 5.54 Å². The molecule has 0 radical (unpaired) electrons. The van der Waals surface area contributed by atoms with Crippen LogP contribution in [-0.2, 0) is 0 Å². The molecule has 1 aliphatic carbocycles. The number of hydrogen-bond acceptors (Lipinski definition) is 1. The molecular weight excluding hydrogens is 122 g/mol. The van der Waals surface area contributed by atoms with Gasteiger partial charge in [0.15, 0.2) is 0 Å². The van der Waals surface area contributed by atoms with Crippen molar-refractivity contribution in [3.8, 4) is 12.3 Å². The maximum absolute atomic E-state index is 5.32. The molecule has 0 aromatic carbocycles. The van der Waals surface area contributed by atoms with E-state index >= 15 is 0 Å². The van der Waals surface area contributed by atoms with E-state index in [0.717, 1.165) is 0 Å². The first-order valence-electron chi connectivity index (χ1n) is 3.89. The lowest BCUT2D eigenvalue weighted by atomic mass is 9.90. The summed E-state index contributed by atoms with van der Waals surface area (Å²) in [5.74, 6) is 2.73. The highest BCUT2D eigenvalue weighted by atomic mass is 15.0. The molecule has 0 heterocycles. The SMILES string of the molecule is C#CC(C)(C)NC1CCC1. The van der Waals surface area contributed by atoms with Crippen LogP contribution in [0.25, 0.3) is 0 Å². The van der Waals surface area contributed by atoms with E-state index in [2.05, 4.69) is 11.2 Å². The zero-order valence-electron chi connectivity index (χ0n) is 6.78. The molecule has 1 saturated carbocycles. The normalized spacial score (nSPS) is 19.7. The molecule has 1 aliphatic rings. The van der Waals surface area contributed by atoms with Gasteiger partial charge in [-0.1, -0.05) is 12.3 Å². The van der Waals surface area contributed by atoms with Gasteiger partial charge in [-0.3, -0.25) is 5.32 Å². The number of terminal acetylenes is 1. The van der Waals surface area contributed by atoms with Crippen LogP contribution in [0, 0.1) is 12.3 Å². The maximum Gasteiger partial charge on any atom is 0.0743 e. The summed E-state index contributed by atoms with van der Waals surface area (Å²) in [4.78, 5) is 0. The summed E-state index contributed by atoms with van der Waals surface area (Å²) in [6.45, 7) is 4.09. The van der Waals surface area contributed by atoms with Crippen LogP contribution >= 0.6 is 0 Å². The predicted octanol–water partition coefficient (Wildman–Crippen LogP) is 1.54. The summed E-state index contributed by atoms with van der Waals surface area (Å²) in [5.41, 5.74) is -0.106. The smallest absolute Gasteiger partial charge is 0.0743 e. The highest BCUT2D eigenvalue weighted by Gasteiger charge is 2.23. The quantitative estimate of drug-likeness (QED) is 0.569. The van der Waals surface area contributed by atoms with E-state index in [1.165, 1.54) is 19.3 Å². The second-order valence-corrected chi connectivity index (χ2v) is 3.54. The average Bonchev–Trinajstić information content (AvgIpc) is 1.80. The fourth-order valence-corrected chi connectivity index (χ4v) is 1.10. The van der Waals surface area contributed by atoms with Crippen LogP contribution in [0.3, 0.4) is 0 Å². The fourth-order valence-electron chi connectivity index (χ4n) is 1.10. The van der Waals surface area contributed by atoms with Gasteiger partial charge >= 0.3 is 0 Å². The molecule has 1 nitrogen and oxygen atoms in total. The minimum atomic E-state index is -0.106. The van der Waals surface area contributed by atoms with Crippen molar-refractivity contribution in [3.05, 3.63) is 0 Å². The Hall–Kier alpha value is -0.480. The van der Waals surface area contributed by atoms with Crippen molar-refractivity contribution in [2.75, 3.05) is 0 Å². The van der Waals surface area contributed by atoms with Crippen LogP contribution in [0.1, 0.15) is 33.1 Å². The lowest BCUT2D eigenvalue weighted by Gasteiger charge is -2.33. The van der Waals surface area contributed by atoms with E-state index in [4.69, 9.17) is 6.42 Å². The van der Waals surface area contributed by atoms with Crippen LogP contribution in [0.5, 0.6) is 0 Å². The molecule has 1 heteroatoms. The summed E-state index contributed by atoms with van der Waals surface area (Å²) in [6.07, 6.45) is 9.27. The van der Waals surface area contributed by atoms with E-state index in [1.54, 1.807) is 0 Å². The second kappa shape index (κ2) is 2.64. The van der Waals surface area contributed by atoms with Crippen LogP contribution in [0.4, 0.5) is 0 Å². The summed E-state index contributed by atoms with van der Waals surface area (Å²) in [5, 5.41) is 3.41. The third-order valence-electron chi connectivity index (χ3n) is 2.03. The molecule has 1 fully saturated rings. The Morgan fingerprint density at radius 1 is 1.50 bits per heavy atom. The first-order chi connectivity index (χ1) is 4.64. The summed E-state index contributed by atoms with van der Waals surface area (Å²) < 4.78 is 0. The highest BCUT2D eigenvalue weighted by molar-refractivity contribution is 5.08. The van der Waals surface area contributed by atoms with Crippen molar-refractivity contribution >= 4 is 0 Å². The second-order valence-electron chi connectivity index (χ2n) is 3.54. The van der Waals surface area contributed by atoms with Gasteiger partial charge in [0.25, 0.3) is 0 Å². The van der Waals surface area contributed by atoms with Crippen molar-refractivity contribution in [1.29, 1.82) is 0 Å². The van der Waals surface area contributed by atoms with Gasteiger partial charge in [-0.2, -0.15) is 0 Å². The monoisotopic (exact) mass is 137 g/mol. The third-order valence-corrected chi connectivity index (χ3v) is 2.03. The Labute approximate surface area is 63.2 Å². The lowest BCUT2D eigenvalue weighted by molar-refractivity contribution is 0.289. The molecule has 0 aromatic heterocycles. The van der Waals surface area contributed by atoms with Gasteiger partial charge < -0.3 is 0 Å². The molecule has 1 rings (SSSR count). The number of nitrogens with one attached hydrogen (secondary N) is 1. The summed E-state index contributed by atoms with van der Waals surface area (Å²) in [7, 11) is 0. The molecule has 0 aromatic rings. The molecule has 56 valence electrons. The van der Waals surface area contributed by atoms with Gasteiger partial charge in [0, 0.05) is 6.04 Å². The van der Waals surface area contributed by atoms with Crippen molar-refractivity contribution < 1.29 is 0 Å². The molecule has 0 atom stereocenters. The van der Waals surface area contributed by atoms with Crippen molar-refractivity contribution in [2.24, 2.45) is 0 Å². The maximum atomic E-state index is 5.32. The molecule has 10 heavy (non-hydrogen) atoms. The van der Waals surface area contributed by atoms with E-state index in [9.17, 15) is 0 Å². The molecule has 1 N–H and O–H groups in total. The first kappa shape index (κ1) is 7.63. The molecule has 0 bridgehead atoms. The Bertz CT molecular complexity index is 149. The van der Waals surface area contributed by atoms with Gasteiger partial charge in [-0.05, 0) is 26.7 Å².